The van der Waals surface area contributed by atoms with Gasteiger partial charge in [0.25, 0.3) is 5.91 Å². The molecule has 5 heteroatoms. The van der Waals surface area contributed by atoms with Gasteiger partial charge >= 0.3 is 0 Å². The fraction of sp³-hybridized carbons (Fsp3) is 0.364. The van der Waals surface area contributed by atoms with E-state index in [1.54, 1.807) is 13.0 Å². The Labute approximate surface area is 161 Å². The number of piperazine rings is 1. The topological polar surface area (TPSA) is 52.7 Å². The molecule has 0 spiro atoms. The summed E-state index contributed by atoms with van der Waals surface area (Å²) < 4.78 is 0. The molecule has 3 rings (SSSR count). The van der Waals surface area contributed by atoms with Gasteiger partial charge in [-0.25, -0.2) is 0 Å². The molecule has 2 amide bonds. The Morgan fingerprint density at radius 3 is 2.26 bits per heavy atom. The van der Waals surface area contributed by atoms with Crippen LogP contribution in [0.5, 0.6) is 0 Å². The summed E-state index contributed by atoms with van der Waals surface area (Å²) in [5.41, 5.74) is 2.81. The van der Waals surface area contributed by atoms with Gasteiger partial charge in [-0.3, -0.25) is 14.5 Å². The van der Waals surface area contributed by atoms with Crippen LogP contribution in [0.3, 0.4) is 0 Å². The Morgan fingerprint density at radius 2 is 1.59 bits per heavy atom. The summed E-state index contributed by atoms with van der Waals surface area (Å²) in [7, 11) is 0. The average molecular weight is 365 g/mol. The Bertz CT molecular complexity index is 783. The number of hydrogen-bond acceptors (Lipinski definition) is 3. The van der Waals surface area contributed by atoms with Crippen LogP contribution in [-0.4, -0.2) is 53.8 Å². The molecule has 0 unspecified atom stereocenters. The average Bonchev–Trinajstić information content (AvgIpc) is 2.69. The minimum absolute atomic E-state index is 0.0173. The molecule has 2 aromatic carbocycles. The van der Waals surface area contributed by atoms with Crippen LogP contribution in [0, 0.1) is 6.92 Å². The maximum atomic E-state index is 12.7. The molecule has 1 heterocycles. The van der Waals surface area contributed by atoms with Crippen molar-refractivity contribution in [3.63, 3.8) is 0 Å². The van der Waals surface area contributed by atoms with E-state index < -0.39 is 6.04 Å². The van der Waals surface area contributed by atoms with Crippen LogP contribution in [0.15, 0.2) is 54.6 Å². The van der Waals surface area contributed by atoms with Crippen molar-refractivity contribution in [3.05, 3.63) is 71.3 Å². The Hall–Kier alpha value is -2.66. The van der Waals surface area contributed by atoms with Gasteiger partial charge in [-0.2, -0.15) is 0 Å². The van der Waals surface area contributed by atoms with Crippen molar-refractivity contribution in [2.45, 2.75) is 26.4 Å². The predicted octanol–water partition coefficient (Wildman–Crippen LogP) is 2.46. The highest BCUT2D eigenvalue weighted by Crippen LogP contribution is 2.11. The minimum Gasteiger partial charge on any atom is -0.341 e. The molecular weight excluding hydrogens is 338 g/mol. The molecule has 0 radical (unpaired) electrons. The molecule has 0 bridgehead atoms. The number of benzene rings is 2. The van der Waals surface area contributed by atoms with E-state index in [0.717, 1.165) is 25.2 Å². The van der Waals surface area contributed by atoms with Crippen LogP contribution < -0.4 is 5.32 Å². The lowest BCUT2D eigenvalue weighted by Crippen LogP contribution is -2.53. The predicted molar refractivity (Wildman–Crippen MR) is 106 cm³/mol. The molecule has 0 aliphatic carbocycles. The minimum atomic E-state index is -0.530. The summed E-state index contributed by atoms with van der Waals surface area (Å²) in [5, 5.41) is 2.84. The SMILES string of the molecule is Cc1ccccc1C(=O)N[C@@H](C)C(=O)N1CCN(Cc2ccccc2)CC1. The zero-order valence-corrected chi connectivity index (χ0v) is 16.0. The van der Waals surface area contributed by atoms with E-state index >= 15 is 0 Å². The number of amides is 2. The molecule has 1 saturated heterocycles. The summed E-state index contributed by atoms with van der Waals surface area (Å²) in [5.74, 6) is -0.215. The molecule has 1 atom stereocenters. The van der Waals surface area contributed by atoms with Crippen molar-refractivity contribution in [2.75, 3.05) is 26.2 Å². The monoisotopic (exact) mass is 365 g/mol. The highest BCUT2D eigenvalue weighted by Gasteiger charge is 2.26. The van der Waals surface area contributed by atoms with E-state index in [-0.39, 0.29) is 11.8 Å². The molecule has 1 fully saturated rings. The standard InChI is InChI=1S/C22H27N3O2/c1-17-8-6-7-11-20(17)21(26)23-18(2)22(27)25-14-12-24(13-15-25)16-19-9-4-3-5-10-19/h3-11,18H,12-16H2,1-2H3,(H,23,26)/t18-/m0/s1. The number of rotatable bonds is 5. The fourth-order valence-electron chi connectivity index (χ4n) is 3.41. The number of nitrogens with zero attached hydrogens (tertiary/aromatic N) is 2. The third-order valence-corrected chi connectivity index (χ3v) is 5.04. The summed E-state index contributed by atoms with van der Waals surface area (Å²) in [6.07, 6.45) is 0. The lowest BCUT2D eigenvalue weighted by atomic mass is 10.1. The van der Waals surface area contributed by atoms with Gasteiger partial charge in [0.15, 0.2) is 0 Å². The van der Waals surface area contributed by atoms with Gasteiger partial charge in [-0.1, -0.05) is 48.5 Å². The van der Waals surface area contributed by atoms with Gasteiger partial charge in [0.05, 0.1) is 0 Å². The number of hydrogen-bond donors (Lipinski definition) is 1. The van der Waals surface area contributed by atoms with Crippen molar-refractivity contribution in [3.8, 4) is 0 Å². The van der Waals surface area contributed by atoms with Crippen LogP contribution in [-0.2, 0) is 11.3 Å². The maximum absolute atomic E-state index is 12.7. The molecule has 1 aliphatic rings. The van der Waals surface area contributed by atoms with Gasteiger partial charge in [-0.15, -0.1) is 0 Å². The first kappa shape index (κ1) is 19.1. The molecule has 1 aliphatic heterocycles. The molecule has 2 aromatic rings. The third kappa shape index (κ3) is 4.95. The van der Waals surface area contributed by atoms with Crippen LogP contribution in [0.2, 0.25) is 0 Å². The van der Waals surface area contributed by atoms with E-state index in [9.17, 15) is 9.59 Å². The second-order valence-electron chi connectivity index (χ2n) is 7.10. The lowest BCUT2D eigenvalue weighted by Gasteiger charge is -2.36. The number of carbonyl (C=O) groups excluding carboxylic acids is 2. The highest BCUT2D eigenvalue weighted by atomic mass is 16.2. The molecule has 1 N–H and O–H groups in total. The molecule has 5 nitrogen and oxygen atoms in total. The molecule has 0 saturated carbocycles. The first-order valence-corrected chi connectivity index (χ1v) is 9.46. The third-order valence-electron chi connectivity index (χ3n) is 5.04. The molecular formula is C22H27N3O2. The van der Waals surface area contributed by atoms with Crippen molar-refractivity contribution in [1.82, 2.24) is 15.1 Å². The van der Waals surface area contributed by atoms with Gasteiger partial charge in [0, 0.05) is 38.3 Å². The quantitative estimate of drug-likeness (QED) is 0.886. The summed E-state index contributed by atoms with van der Waals surface area (Å²) in [4.78, 5) is 29.3. The van der Waals surface area contributed by atoms with E-state index in [1.807, 2.05) is 48.2 Å². The van der Waals surface area contributed by atoms with E-state index in [1.165, 1.54) is 5.56 Å². The first-order chi connectivity index (χ1) is 13.0. The van der Waals surface area contributed by atoms with Crippen LogP contribution in [0.4, 0.5) is 0 Å². The van der Waals surface area contributed by atoms with Crippen LogP contribution in [0.25, 0.3) is 0 Å². The van der Waals surface area contributed by atoms with E-state index in [0.29, 0.717) is 18.7 Å². The number of aryl methyl sites for hydroxylation is 1. The molecule has 0 aromatic heterocycles. The largest absolute Gasteiger partial charge is 0.341 e. The van der Waals surface area contributed by atoms with Crippen molar-refractivity contribution < 1.29 is 9.59 Å². The molecule has 27 heavy (non-hydrogen) atoms. The normalized spacial score (nSPS) is 16.0. The van der Waals surface area contributed by atoms with Crippen molar-refractivity contribution in [2.24, 2.45) is 0 Å². The Kier molecular flexibility index (Phi) is 6.24. The maximum Gasteiger partial charge on any atom is 0.252 e. The summed E-state index contributed by atoms with van der Waals surface area (Å²) >= 11 is 0. The van der Waals surface area contributed by atoms with E-state index in [2.05, 4.69) is 22.3 Å². The smallest absolute Gasteiger partial charge is 0.252 e. The van der Waals surface area contributed by atoms with Gasteiger partial charge in [-0.05, 0) is 31.0 Å². The molecule has 142 valence electrons. The van der Waals surface area contributed by atoms with Gasteiger partial charge < -0.3 is 10.2 Å². The van der Waals surface area contributed by atoms with Crippen LogP contribution >= 0.6 is 0 Å². The highest BCUT2D eigenvalue weighted by molar-refractivity contribution is 5.98. The van der Waals surface area contributed by atoms with E-state index in [4.69, 9.17) is 0 Å². The van der Waals surface area contributed by atoms with Crippen molar-refractivity contribution in [1.29, 1.82) is 0 Å². The lowest BCUT2D eigenvalue weighted by molar-refractivity contribution is -0.134. The summed E-state index contributed by atoms with van der Waals surface area (Å²) in [6, 6.07) is 17.3. The first-order valence-electron chi connectivity index (χ1n) is 9.46. The number of carbonyl (C=O) groups is 2. The fourth-order valence-corrected chi connectivity index (χ4v) is 3.41. The van der Waals surface area contributed by atoms with Gasteiger partial charge in [0.1, 0.15) is 6.04 Å². The Balaban J connectivity index is 1.50. The number of nitrogens with one attached hydrogen (secondary N) is 1. The summed E-state index contributed by atoms with van der Waals surface area (Å²) in [6.45, 7) is 7.63. The van der Waals surface area contributed by atoms with Crippen molar-refractivity contribution >= 4 is 11.8 Å². The Morgan fingerprint density at radius 1 is 0.963 bits per heavy atom. The van der Waals surface area contributed by atoms with Crippen LogP contribution in [0.1, 0.15) is 28.4 Å². The second-order valence-corrected chi connectivity index (χ2v) is 7.10. The second kappa shape index (κ2) is 8.82. The zero-order valence-electron chi connectivity index (χ0n) is 16.0. The van der Waals surface area contributed by atoms with Gasteiger partial charge in [0.2, 0.25) is 5.91 Å². The zero-order chi connectivity index (χ0) is 19.2.